The van der Waals surface area contributed by atoms with Crippen molar-refractivity contribution in [2.75, 3.05) is 37.0 Å². The molecule has 0 radical (unpaired) electrons. The Morgan fingerprint density at radius 1 is 1.30 bits per heavy atom. The third-order valence-corrected chi connectivity index (χ3v) is 4.27. The van der Waals surface area contributed by atoms with Crippen LogP contribution in [0.2, 0.25) is 5.28 Å². The molecule has 3 rings (SSSR count). The van der Waals surface area contributed by atoms with Crippen molar-refractivity contribution in [3.05, 3.63) is 35.9 Å². The first-order valence-corrected chi connectivity index (χ1v) is 8.10. The topological polar surface area (TPSA) is 63.2 Å². The number of nitrogens with zero attached hydrogens (tertiary/aromatic N) is 4. The zero-order chi connectivity index (χ0) is 16.1. The number of nitrogens with one attached hydrogen (secondary N) is 1. The maximum atomic E-state index is 5.85. The van der Waals surface area contributed by atoms with E-state index < -0.39 is 0 Å². The average Bonchev–Trinajstić information content (AvgIpc) is 2.61. The molecule has 1 aliphatic heterocycles. The summed E-state index contributed by atoms with van der Waals surface area (Å²) in [7, 11) is 1.60. The summed E-state index contributed by atoms with van der Waals surface area (Å²) in [6.45, 7) is 2.88. The van der Waals surface area contributed by atoms with E-state index in [0.29, 0.717) is 17.5 Å². The average molecular weight is 334 g/mol. The Morgan fingerprint density at radius 3 is 2.83 bits per heavy atom. The van der Waals surface area contributed by atoms with Crippen molar-refractivity contribution < 1.29 is 4.74 Å². The highest BCUT2D eigenvalue weighted by Gasteiger charge is 2.20. The molecule has 0 aromatic carbocycles. The van der Waals surface area contributed by atoms with Crippen LogP contribution >= 0.6 is 11.6 Å². The van der Waals surface area contributed by atoms with Crippen LogP contribution in [0.1, 0.15) is 12.8 Å². The molecule has 6 nitrogen and oxygen atoms in total. The molecular weight excluding hydrogens is 314 g/mol. The number of hydrogen-bond donors (Lipinski definition) is 1. The van der Waals surface area contributed by atoms with Crippen molar-refractivity contribution in [3.63, 3.8) is 0 Å². The molecule has 2 aromatic heterocycles. The van der Waals surface area contributed by atoms with E-state index in [1.807, 2.05) is 18.3 Å². The number of hydrogen-bond acceptors (Lipinski definition) is 6. The van der Waals surface area contributed by atoms with Crippen LogP contribution in [-0.2, 0) is 0 Å². The third-order valence-electron chi connectivity index (χ3n) is 4.09. The highest BCUT2D eigenvalue weighted by atomic mass is 35.5. The first kappa shape index (κ1) is 15.8. The zero-order valence-electron chi connectivity index (χ0n) is 13.1. The minimum absolute atomic E-state index is 0.221. The highest BCUT2D eigenvalue weighted by molar-refractivity contribution is 6.28. The van der Waals surface area contributed by atoms with E-state index in [0.717, 1.165) is 38.3 Å². The van der Waals surface area contributed by atoms with Gasteiger partial charge in [-0.3, -0.25) is 0 Å². The van der Waals surface area contributed by atoms with Gasteiger partial charge in [-0.25, -0.2) is 9.97 Å². The third kappa shape index (κ3) is 4.01. The summed E-state index contributed by atoms with van der Waals surface area (Å²) >= 11 is 5.85. The molecule has 1 N–H and O–H groups in total. The Hall–Kier alpha value is -2.08. The lowest BCUT2D eigenvalue weighted by Crippen LogP contribution is -2.36. The highest BCUT2D eigenvalue weighted by Crippen LogP contribution is 2.25. The van der Waals surface area contributed by atoms with Gasteiger partial charge in [0.05, 0.1) is 13.3 Å². The van der Waals surface area contributed by atoms with Crippen molar-refractivity contribution in [1.82, 2.24) is 15.0 Å². The number of pyridine rings is 1. The Bertz CT molecular complexity index is 632. The fourth-order valence-electron chi connectivity index (χ4n) is 2.77. The summed E-state index contributed by atoms with van der Waals surface area (Å²) < 4.78 is 5.25. The summed E-state index contributed by atoms with van der Waals surface area (Å²) in [5.41, 5.74) is 0. The summed E-state index contributed by atoms with van der Waals surface area (Å²) in [6.07, 6.45) is 5.66. The largest absolute Gasteiger partial charge is 0.491 e. The van der Waals surface area contributed by atoms with E-state index >= 15 is 0 Å². The Balaban J connectivity index is 1.52. The fraction of sp³-hybridized carbons (Fsp3) is 0.438. The molecule has 1 aliphatic rings. The van der Waals surface area contributed by atoms with Crippen molar-refractivity contribution in [3.8, 4) is 5.75 Å². The molecule has 23 heavy (non-hydrogen) atoms. The van der Waals surface area contributed by atoms with Gasteiger partial charge in [-0.05, 0) is 42.5 Å². The second-order valence-corrected chi connectivity index (χ2v) is 5.89. The Labute approximate surface area is 140 Å². The molecule has 7 heteroatoms. The maximum absolute atomic E-state index is 5.85. The van der Waals surface area contributed by atoms with E-state index in [1.54, 1.807) is 13.3 Å². The predicted octanol–water partition coefficient (Wildman–Crippen LogP) is 2.86. The van der Waals surface area contributed by atoms with Crippen LogP contribution < -0.4 is 15.0 Å². The molecule has 1 saturated heterocycles. The number of methoxy groups -OCH3 is 1. The van der Waals surface area contributed by atoms with E-state index in [4.69, 9.17) is 16.3 Å². The Kier molecular flexibility index (Phi) is 5.12. The molecule has 1 fully saturated rings. The van der Waals surface area contributed by atoms with Crippen molar-refractivity contribution in [2.45, 2.75) is 12.8 Å². The van der Waals surface area contributed by atoms with Gasteiger partial charge in [0.2, 0.25) is 5.28 Å². The number of anilines is 2. The van der Waals surface area contributed by atoms with E-state index in [1.165, 1.54) is 0 Å². The van der Waals surface area contributed by atoms with Gasteiger partial charge in [-0.15, -0.1) is 0 Å². The second-order valence-electron chi connectivity index (χ2n) is 5.56. The second kappa shape index (κ2) is 7.46. The van der Waals surface area contributed by atoms with Crippen LogP contribution in [0.15, 0.2) is 30.6 Å². The maximum Gasteiger partial charge on any atom is 0.224 e. The van der Waals surface area contributed by atoms with Gasteiger partial charge in [0, 0.05) is 25.8 Å². The number of rotatable bonds is 5. The van der Waals surface area contributed by atoms with E-state index in [-0.39, 0.29) is 5.28 Å². The summed E-state index contributed by atoms with van der Waals surface area (Å²) in [5.74, 6) is 2.91. The SMILES string of the molecule is COc1cnc(Cl)nc1NCC1CCN(c2ccccn2)CC1. The minimum Gasteiger partial charge on any atom is -0.491 e. The first-order valence-electron chi connectivity index (χ1n) is 7.72. The molecule has 0 saturated carbocycles. The van der Waals surface area contributed by atoms with Crippen molar-refractivity contribution >= 4 is 23.2 Å². The minimum atomic E-state index is 0.221. The molecule has 3 heterocycles. The van der Waals surface area contributed by atoms with Crippen LogP contribution in [0.5, 0.6) is 5.75 Å². The van der Waals surface area contributed by atoms with Gasteiger partial charge in [0.1, 0.15) is 5.82 Å². The van der Waals surface area contributed by atoms with Gasteiger partial charge in [-0.2, -0.15) is 4.98 Å². The van der Waals surface area contributed by atoms with Crippen LogP contribution in [0.4, 0.5) is 11.6 Å². The number of piperidine rings is 1. The van der Waals surface area contributed by atoms with Gasteiger partial charge >= 0.3 is 0 Å². The smallest absolute Gasteiger partial charge is 0.224 e. The van der Waals surface area contributed by atoms with Crippen LogP contribution in [0.3, 0.4) is 0 Å². The molecular formula is C16H20ClN5O. The van der Waals surface area contributed by atoms with Gasteiger partial charge in [0.15, 0.2) is 11.6 Å². The van der Waals surface area contributed by atoms with E-state index in [2.05, 4.69) is 31.2 Å². The molecule has 122 valence electrons. The number of halogens is 1. The molecule has 0 spiro atoms. The molecule has 0 amide bonds. The number of ether oxygens (including phenoxy) is 1. The van der Waals surface area contributed by atoms with Crippen LogP contribution in [0.25, 0.3) is 0 Å². The summed E-state index contributed by atoms with van der Waals surface area (Å²) in [4.78, 5) is 14.9. The van der Waals surface area contributed by atoms with Crippen LogP contribution in [-0.4, -0.2) is 41.7 Å². The van der Waals surface area contributed by atoms with Crippen molar-refractivity contribution in [1.29, 1.82) is 0 Å². The molecule has 2 aromatic rings. The Morgan fingerprint density at radius 2 is 2.13 bits per heavy atom. The summed E-state index contributed by atoms with van der Waals surface area (Å²) in [6, 6.07) is 6.04. The molecule has 0 bridgehead atoms. The summed E-state index contributed by atoms with van der Waals surface area (Å²) in [5, 5.41) is 3.56. The van der Waals surface area contributed by atoms with Crippen molar-refractivity contribution in [2.24, 2.45) is 5.92 Å². The first-order chi connectivity index (χ1) is 11.3. The van der Waals surface area contributed by atoms with Gasteiger partial charge in [-0.1, -0.05) is 6.07 Å². The number of aromatic nitrogens is 3. The monoisotopic (exact) mass is 333 g/mol. The standard InChI is InChI=1S/C16H20ClN5O/c1-23-13-11-20-16(17)21-15(13)19-10-12-5-8-22(9-6-12)14-4-2-3-7-18-14/h2-4,7,11-12H,5-6,8-10H2,1H3,(H,19,20,21). The quantitative estimate of drug-likeness (QED) is 0.849. The zero-order valence-corrected chi connectivity index (χ0v) is 13.8. The normalized spacial score (nSPS) is 15.5. The van der Waals surface area contributed by atoms with Gasteiger partial charge < -0.3 is 15.0 Å². The molecule has 0 aliphatic carbocycles. The lowest BCUT2D eigenvalue weighted by Gasteiger charge is -2.33. The fourth-order valence-corrected chi connectivity index (χ4v) is 2.91. The van der Waals surface area contributed by atoms with Gasteiger partial charge in [0.25, 0.3) is 0 Å². The lowest BCUT2D eigenvalue weighted by atomic mass is 9.97. The lowest BCUT2D eigenvalue weighted by molar-refractivity contribution is 0.407. The predicted molar refractivity (Wildman–Crippen MR) is 91.3 cm³/mol. The van der Waals surface area contributed by atoms with E-state index in [9.17, 15) is 0 Å². The molecule has 0 atom stereocenters. The molecule has 0 unspecified atom stereocenters. The van der Waals surface area contributed by atoms with Crippen LogP contribution in [0, 0.1) is 5.92 Å².